The summed E-state index contributed by atoms with van der Waals surface area (Å²) >= 11 is 1.74. The minimum absolute atomic E-state index is 0.0668. The highest BCUT2D eigenvalue weighted by molar-refractivity contribution is 8.01. The smallest absolute Gasteiger partial charge is 0.230 e. The first-order valence-electron chi connectivity index (χ1n) is 6.45. The summed E-state index contributed by atoms with van der Waals surface area (Å²) in [4.78, 5) is 14.2. The lowest BCUT2D eigenvalue weighted by Gasteiger charge is -2.36. The topological polar surface area (TPSA) is 55.6 Å². The molecule has 1 aliphatic carbocycles. The fourth-order valence-electron chi connectivity index (χ4n) is 3.90. The van der Waals surface area contributed by atoms with E-state index in [-0.39, 0.29) is 11.2 Å². The number of allylic oxidation sites excluding steroid dienone is 3. The van der Waals surface area contributed by atoms with Crippen molar-refractivity contribution in [2.45, 2.75) is 16.5 Å². The van der Waals surface area contributed by atoms with Crippen LogP contribution in [0.2, 0.25) is 0 Å². The van der Waals surface area contributed by atoms with Gasteiger partial charge in [-0.2, -0.15) is 0 Å². The van der Waals surface area contributed by atoms with E-state index in [0.717, 1.165) is 19.8 Å². The summed E-state index contributed by atoms with van der Waals surface area (Å²) in [6.07, 6.45) is 6.55. The average molecular weight is 264 g/mol. The van der Waals surface area contributed by atoms with E-state index < -0.39 is 0 Å². The fourth-order valence-corrected chi connectivity index (χ4v) is 5.58. The summed E-state index contributed by atoms with van der Waals surface area (Å²) in [5, 5.41) is 0.348. The minimum atomic E-state index is -0.167. The van der Waals surface area contributed by atoms with E-state index in [1.165, 1.54) is 5.70 Å². The Morgan fingerprint density at radius 3 is 3.28 bits per heavy atom. The Morgan fingerprint density at radius 1 is 1.56 bits per heavy atom. The van der Waals surface area contributed by atoms with Crippen LogP contribution in [0.5, 0.6) is 0 Å². The van der Waals surface area contributed by atoms with Crippen LogP contribution in [0.3, 0.4) is 0 Å². The lowest BCUT2D eigenvalue weighted by atomic mass is 9.82. The number of nitrogens with zero attached hydrogens (tertiary/aromatic N) is 1. The van der Waals surface area contributed by atoms with Gasteiger partial charge in [-0.25, -0.2) is 0 Å². The summed E-state index contributed by atoms with van der Waals surface area (Å²) in [5.74, 6) is 0.623. The number of thioether (sulfide) groups is 1. The first-order valence-corrected chi connectivity index (χ1v) is 7.39. The molecule has 3 heterocycles. The van der Waals surface area contributed by atoms with E-state index in [0.29, 0.717) is 23.1 Å². The second-order valence-electron chi connectivity index (χ2n) is 5.34. The van der Waals surface area contributed by atoms with Crippen molar-refractivity contribution < 1.29 is 9.53 Å². The van der Waals surface area contributed by atoms with Crippen LogP contribution >= 0.6 is 11.8 Å². The normalized spacial score (nSPS) is 44.6. The van der Waals surface area contributed by atoms with E-state index >= 15 is 0 Å². The molecule has 0 aromatic heterocycles. The summed E-state index contributed by atoms with van der Waals surface area (Å²) in [7, 11) is 0. The predicted molar refractivity (Wildman–Crippen MR) is 69.9 cm³/mol. The molecule has 0 radical (unpaired) electrons. The molecular formula is C13H16N2O2S. The number of ether oxygens (including phenoxy) is 1. The summed E-state index contributed by atoms with van der Waals surface area (Å²) < 4.78 is 5.62. The standard InChI is InChI=1S/C13H16N2O2S/c14-13(16)12-11-8-6-17-5-4-15(8)7-2-1-3-9(18-12)10(7)11/h1-3,8-12H,4-6H2,(H2,14,16). The second kappa shape index (κ2) is 3.78. The molecule has 0 saturated carbocycles. The van der Waals surface area contributed by atoms with Gasteiger partial charge in [0.2, 0.25) is 5.91 Å². The Labute approximate surface area is 110 Å². The molecule has 0 aromatic rings. The maximum absolute atomic E-state index is 11.7. The van der Waals surface area contributed by atoms with Crippen molar-refractivity contribution in [2.75, 3.05) is 19.8 Å². The van der Waals surface area contributed by atoms with Gasteiger partial charge in [0.25, 0.3) is 0 Å². The second-order valence-corrected chi connectivity index (χ2v) is 6.66. The van der Waals surface area contributed by atoms with Crippen molar-refractivity contribution in [3.05, 3.63) is 23.9 Å². The van der Waals surface area contributed by atoms with Crippen LogP contribution in [0.15, 0.2) is 23.9 Å². The number of rotatable bonds is 1. The number of fused-ring (bicyclic) bond motifs is 3. The molecule has 4 aliphatic rings. The summed E-state index contributed by atoms with van der Waals surface area (Å²) in [5.41, 5.74) is 7.00. The zero-order valence-electron chi connectivity index (χ0n) is 9.99. The van der Waals surface area contributed by atoms with E-state index in [1.54, 1.807) is 11.8 Å². The monoisotopic (exact) mass is 264 g/mol. The van der Waals surface area contributed by atoms with Crippen molar-refractivity contribution in [1.29, 1.82) is 0 Å². The van der Waals surface area contributed by atoms with Crippen LogP contribution in [-0.2, 0) is 9.53 Å². The van der Waals surface area contributed by atoms with E-state index in [2.05, 4.69) is 23.1 Å². The molecule has 2 N–H and O–H groups in total. The molecule has 96 valence electrons. The molecule has 18 heavy (non-hydrogen) atoms. The number of morpholine rings is 1. The lowest BCUT2D eigenvalue weighted by molar-refractivity contribution is -0.118. The van der Waals surface area contributed by atoms with Crippen molar-refractivity contribution >= 4 is 17.7 Å². The first kappa shape index (κ1) is 10.9. The van der Waals surface area contributed by atoms with Gasteiger partial charge in [0.1, 0.15) is 0 Å². The van der Waals surface area contributed by atoms with Gasteiger partial charge in [0.15, 0.2) is 0 Å². The quantitative estimate of drug-likeness (QED) is 0.743. The van der Waals surface area contributed by atoms with Crippen molar-refractivity contribution in [3.8, 4) is 0 Å². The van der Waals surface area contributed by atoms with Gasteiger partial charge in [-0.1, -0.05) is 12.2 Å². The molecule has 3 aliphatic heterocycles. The highest BCUT2D eigenvalue weighted by Crippen LogP contribution is 2.56. The third-order valence-electron chi connectivity index (χ3n) is 4.55. The van der Waals surface area contributed by atoms with Crippen molar-refractivity contribution in [2.24, 2.45) is 17.6 Å². The molecular weight excluding hydrogens is 248 g/mol. The number of carbonyl (C=O) groups excluding carboxylic acids is 1. The molecule has 5 unspecified atom stereocenters. The van der Waals surface area contributed by atoms with Crippen molar-refractivity contribution in [3.63, 3.8) is 0 Å². The molecule has 0 spiro atoms. The van der Waals surface area contributed by atoms with Crippen LogP contribution in [0, 0.1) is 11.8 Å². The Bertz CT molecular complexity index is 462. The van der Waals surface area contributed by atoms with E-state index in [1.807, 2.05) is 0 Å². The SMILES string of the molecule is NC(=O)C1SC2C=CC=C3C2C1C1COCCN31. The van der Waals surface area contributed by atoms with Crippen LogP contribution < -0.4 is 5.73 Å². The zero-order valence-corrected chi connectivity index (χ0v) is 10.8. The largest absolute Gasteiger partial charge is 0.377 e. The number of nitrogens with two attached hydrogens (primary N) is 1. The van der Waals surface area contributed by atoms with Gasteiger partial charge in [0, 0.05) is 29.3 Å². The van der Waals surface area contributed by atoms with Gasteiger partial charge < -0.3 is 15.4 Å². The van der Waals surface area contributed by atoms with Crippen LogP contribution in [0.1, 0.15) is 0 Å². The molecule has 3 saturated heterocycles. The lowest BCUT2D eigenvalue weighted by Crippen LogP contribution is -2.47. The van der Waals surface area contributed by atoms with Crippen molar-refractivity contribution in [1.82, 2.24) is 4.90 Å². The molecule has 0 aromatic carbocycles. The Morgan fingerprint density at radius 2 is 2.44 bits per heavy atom. The Balaban J connectivity index is 1.78. The van der Waals surface area contributed by atoms with Gasteiger partial charge in [-0.15, -0.1) is 11.8 Å². The van der Waals surface area contributed by atoms with Gasteiger partial charge in [0.05, 0.1) is 24.5 Å². The predicted octanol–water partition coefficient (Wildman–Crippen LogP) is 0.356. The zero-order chi connectivity index (χ0) is 12.3. The third-order valence-corrected chi connectivity index (χ3v) is 6.16. The minimum Gasteiger partial charge on any atom is -0.377 e. The first-order chi connectivity index (χ1) is 8.77. The highest BCUT2D eigenvalue weighted by Gasteiger charge is 2.58. The number of carbonyl (C=O) groups is 1. The third kappa shape index (κ3) is 1.29. The van der Waals surface area contributed by atoms with Gasteiger partial charge in [-0.05, 0) is 6.08 Å². The number of primary amides is 1. The maximum Gasteiger partial charge on any atom is 0.230 e. The average Bonchev–Trinajstić information content (AvgIpc) is 2.92. The van der Waals surface area contributed by atoms with Crippen LogP contribution in [0.4, 0.5) is 0 Å². The molecule has 3 fully saturated rings. The molecule has 0 bridgehead atoms. The summed E-state index contributed by atoms with van der Waals surface area (Å²) in [6, 6.07) is 0.338. The molecule has 4 rings (SSSR count). The maximum atomic E-state index is 11.7. The molecule has 4 nitrogen and oxygen atoms in total. The van der Waals surface area contributed by atoms with E-state index in [4.69, 9.17) is 10.5 Å². The highest BCUT2D eigenvalue weighted by atomic mass is 32.2. The van der Waals surface area contributed by atoms with Gasteiger partial charge >= 0.3 is 0 Å². The Kier molecular flexibility index (Phi) is 2.29. The Hall–Kier alpha value is -0.940. The van der Waals surface area contributed by atoms with Gasteiger partial charge in [-0.3, -0.25) is 4.79 Å². The summed E-state index contributed by atoms with van der Waals surface area (Å²) in [6.45, 7) is 2.46. The number of hydrogen-bond donors (Lipinski definition) is 1. The fraction of sp³-hybridized carbons (Fsp3) is 0.615. The molecule has 5 atom stereocenters. The van der Waals surface area contributed by atoms with E-state index in [9.17, 15) is 4.79 Å². The molecule has 5 heteroatoms. The van der Waals surface area contributed by atoms with Crippen LogP contribution in [-0.4, -0.2) is 47.1 Å². The number of hydrogen-bond acceptors (Lipinski definition) is 4. The number of amides is 1. The molecule has 1 amide bonds. The van der Waals surface area contributed by atoms with Crippen LogP contribution in [0.25, 0.3) is 0 Å².